The summed E-state index contributed by atoms with van der Waals surface area (Å²) in [5.74, 6) is -3.06. The van der Waals surface area contributed by atoms with E-state index in [1.165, 1.54) is 23.1 Å². The van der Waals surface area contributed by atoms with Gasteiger partial charge in [0.25, 0.3) is 5.69 Å². The van der Waals surface area contributed by atoms with Crippen LogP contribution in [0, 0.1) is 10.1 Å². The normalized spacial score (nSPS) is 15.9. The molecule has 32 heavy (non-hydrogen) atoms. The van der Waals surface area contributed by atoms with Gasteiger partial charge in [-0.2, -0.15) is 0 Å². The molecule has 10 heteroatoms. The summed E-state index contributed by atoms with van der Waals surface area (Å²) < 4.78 is 10.4. The smallest absolute Gasteiger partial charge is 0.338 e. The van der Waals surface area contributed by atoms with Crippen LogP contribution in [-0.4, -0.2) is 47.9 Å². The molecule has 1 aromatic carbocycles. The van der Waals surface area contributed by atoms with Gasteiger partial charge >= 0.3 is 11.9 Å². The van der Waals surface area contributed by atoms with Gasteiger partial charge in [-0.25, -0.2) is 9.59 Å². The van der Waals surface area contributed by atoms with Crippen molar-refractivity contribution in [3.8, 4) is 0 Å². The Labute approximate surface area is 185 Å². The van der Waals surface area contributed by atoms with Crippen molar-refractivity contribution in [1.29, 1.82) is 0 Å². The molecule has 1 atom stereocenters. The molecule has 10 nitrogen and oxygen atoms in total. The Morgan fingerprint density at radius 3 is 2.31 bits per heavy atom. The highest BCUT2D eigenvalue weighted by Crippen LogP contribution is 2.42. The van der Waals surface area contributed by atoms with E-state index in [0.29, 0.717) is 11.3 Å². The molecule has 1 N–H and O–H groups in total. The van der Waals surface area contributed by atoms with Crippen LogP contribution in [0.2, 0.25) is 0 Å². The number of rotatable bonds is 8. The highest BCUT2D eigenvalue weighted by molar-refractivity contribution is 6.01. The largest absolute Gasteiger partial charge is 0.463 e. The molecule has 2 rings (SSSR count). The van der Waals surface area contributed by atoms with Gasteiger partial charge in [-0.15, -0.1) is 0 Å². The number of carbonyl (C=O) groups excluding carboxylic acids is 3. The maximum absolute atomic E-state index is 13.1. The SMILES string of the molecule is C=CC(=O)NC1=C(C(=O)OCC)C(c2cccc([N+](=O)[O-])c2)C(C(=O)OCC)=C(C)N1C. The molecule has 0 bridgehead atoms. The Bertz CT molecular complexity index is 1030. The Morgan fingerprint density at radius 1 is 1.19 bits per heavy atom. The zero-order valence-corrected chi connectivity index (χ0v) is 18.3. The molecule has 1 amide bonds. The van der Waals surface area contributed by atoms with Gasteiger partial charge in [-0.1, -0.05) is 18.7 Å². The standard InChI is InChI=1S/C22H25N3O7/c1-6-16(26)23-20-19(22(28)32-8-3)18(14-10-9-11-15(12-14)25(29)30)17(13(4)24(20)5)21(27)31-7-2/h6,9-12,18H,1,7-8H2,2-5H3,(H,23,26). The average molecular weight is 443 g/mol. The van der Waals surface area contributed by atoms with Crippen LogP contribution in [0.4, 0.5) is 5.69 Å². The highest BCUT2D eigenvalue weighted by atomic mass is 16.6. The molecule has 1 unspecified atom stereocenters. The van der Waals surface area contributed by atoms with Gasteiger partial charge in [0.05, 0.1) is 35.2 Å². The first kappa shape index (κ1) is 24.3. The second kappa shape index (κ2) is 10.4. The monoisotopic (exact) mass is 443 g/mol. The number of non-ortho nitro benzene ring substituents is 1. The number of nitrogens with one attached hydrogen (secondary N) is 1. The minimum absolute atomic E-state index is 0.0355. The lowest BCUT2D eigenvalue weighted by molar-refractivity contribution is -0.384. The lowest BCUT2D eigenvalue weighted by Gasteiger charge is -2.36. The summed E-state index contributed by atoms with van der Waals surface area (Å²) in [6.45, 7) is 8.42. The van der Waals surface area contributed by atoms with E-state index in [4.69, 9.17) is 9.47 Å². The van der Waals surface area contributed by atoms with Gasteiger partial charge in [0.2, 0.25) is 5.91 Å². The van der Waals surface area contributed by atoms with Crippen molar-refractivity contribution in [2.75, 3.05) is 20.3 Å². The lowest BCUT2D eigenvalue weighted by Crippen LogP contribution is -2.41. The van der Waals surface area contributed by atoms with E-state index in [9.17, 15) is 24.5 Å². The first-order valence-electron chi connectivity index (χ1n) is 9.88. The molecule has 0 spiro atoms. The number of nitrogens with zero attached hydrogens (tertiary/aromatic N) is 2. The van der Waals surface area contributed by atoms with E-state index in [2.05, 4.69) is 11.9 Å². The van der Waals surface area contributed by atoms with Crippen molar-refractivity contribution in [3.05, 3.63) is 75.3 Å². The fraction of sp³-hybridized carbons (Fsp3) is 0.318. The first-order chi connectivity index (χ1) is 15.2. The topological polar surface area (TPSA) is 128 Å². The van der Waals surface area contributed by atoms with Crippen LogP contribution in [-0.2, 0) is 23.9 Å². The zero-order chi connectivity index (χ0) is 24.0. The van der Waals surface area contributed by atoms with Gasteiger partial charge in [-0.3, -0.25) is 14.9 Å². The fourth-order valence-corrected chi connectivity index (χ4v) is 3.39. The molecule has 0 radical (unpaired) electrons. The van der Waals surface area contributed by atoms with Crippen LogP contribution in [0.25, 0.3) is 0 Å². The van der Waals surface area contributed by atoms with Crippen LogP contribution >= 0.6 is 0 Å². The molecular weight excluding hydrogens is 418 g/mol. The highest BCUT2D eigenvalue weighted by Gasteiger charge is 2.41. The minimum Gasteiger partial charge on any atom is -0.463 e. The first-order valence-corrected chi connectivity index (χ1v) is 9.88. The Morgan fingerprint density at radius 2 is 1.78 bits per heavy atom. The number of nitro benzene ring substituents is 1. The second-order valence-electron chi connectivity index (χ2n) is 6.74. The molecule has 0 fully saturated rings. The number of esters is 2. The summed E-state index contributed by atoms with van der Waals surface area (Å²) in [4.78, 5) is 50.4. The zero-order valence-electron chi connectivity index (χ0n) is 18.3. The van der Waals surface area contributed by atoms with Crippen LogP contribution in [0.15, 0.2) is 59.6 Å². The van der Waals surface area contributed by atoms with Crippen LogP contribution in [0.1, 0.15) is 32.3 Å². The molecule has 0 saturated carbocycles. The van der Waals surface area contributed by atoms with Crippen LogP contribution in [0.3, 0.4) is 0 Å². The number of benzene rings is 1. The number of nitro groups is 1. The summed E-state index contributed by atoms with van der Waals surface area (Å²) >= 11 is 0. The third-order valence-electron chi connectivity index (χ3n) is 4.89. The Hall–Kier alpha value is -3.95. The van der Waals surface area contributed by atoms with E-state index < -0.39 is 28.7 Å². The summed E-state index contributed by atoms with van der Waals surface area (Å²) in [6, 6.07) is 5.58. The molecule has 1 aliphatic heterocycles. The Balaban J connectivity index is 2.88. The van der Waals surface area contributed by atoms with E-state index >= 15 is 0 Å². The van der Waals surface area contributed by atoms with Gasteiger partial charge in [-0.05, 0) is 32.4 Å². The fourth-order valence-electron chi connectivity index (χ4n) is 3.39. The molecule has 170 valence electrons. The predicted octanol–water partition coefficient (Wildman–Crippen LogP) is 2.54. The van der Waals surface area contributed by atoms with Crippen molar-refractivity contribution in [2.24, 2.45) is 0 Å². The summed E-state index contributed by atoms with van der Waals surface area (Å²) in [7, 11) is 1.57. The summed E-state index contributed by atoms with van der Waals surface area (Å²) in [6.07, 6.45) is 1.03. The molecule has 0 aliphatic carbocycles. The molecule has 1 aromatic rings. The molecule has 1 heterocycles. The summed E-state index contributed by atoms with van der Waals surface area (Å²) in [5, 5.41) is 14.0. The van der Waals surface area contributed by atoms with Gasteiger partial charge in [0, 0.05) is 24.9 Å². The predicted molar refractivity (Wildman–Crippen MR) is 115 cm³/mol. The molecular formula is C22H25N3O7. The third-order valence-corrected chi connectivity index (χ3v) is 4.89. The van der Waals surface area contributed by atoms with E-state index in [0.717, 1.165) is 6.08 Å². The van der Waals surface area contributed by atoms with Crippen LogP contribution in [0.5, 0.6) is 0 Å². The number of hydrogen-bond donors (Lipinski definition) is 1. The number of amides is 1. The average Bonchev–Trinajstić information content (AvgIpc) is 2.76. The van der Waals surface area contributed by atoms with Crippen LogP contribution < -0.4 is 5.32 Å². The molecule has 0 saturated heterocycles. The van der Waals surface area contributed by atoms with Crippen molar-refractivity contribution in [3.63, 3.8) is 0 Å². The van der Waals surface area contributed by atoms with E-state index in [-0.39, 0.29) is 35.9 Å². The molecule has 1 aliphatic rings. The van der Waals surface area contributed by atoms with E-state index in [1.54, 1.807) is 33.9 Å². The number of hydrogen-bond acceptors (Lipinski definition) is 8. The van der Waals surface area contributed by atoms with Gasteiger partial charge in [0.15, 0.2) is 0 Å². The lowest BCUT2D eigenvalue weighted by atomic mass is 9.80. The van der Waals surface area contributed by atoms with Crippen molar-refractivity contribution in [1.82, 2.24) is 10.2 Å². The Kier molecular flexibility index (Phi) is 7.89. The van der Waals surface area contributed by atoms with Gasteiger partial charge < -0.3 is 19.7 Å². The minimum atomic E-state index is -1.08. The number of allylic oxidation sites excluding steroid dienone is 1. The van der Waals surface area contributed by atoms with Crippen molar-refractivity contribution < 1.29 is 28.8 Å². The number of ether oxygens (including phenoxy) is 2. The van der Waals surface area contributed by atoms with Crippen molar-refractivity contribution >= 4 is 23.5 Å². The van der Waals surface area contributed by atoms with E-state index in [1.807, 2.05) is 0 Å². The second-order valence-corrected chi connectivity index (χ2v) is 6.74. The summed E-state index contributed by atoms with van der Waals surface area (Å²) in [5.41, 5.74) is 0.519. The van der Waals surface area contributed by atoms with Gasteiger partial charge in [0.1, 0.15) is 5.82 Å². The maximum atomic E-state index is 13.1. The molecule has 0 aromatic heterocycles. The quantitative estimate of drug-likeness (QED) is 0.281. The number of carbonyl (C=O) groups is 3. The van der Waals surface area contributed by atoms with Crippen molar-refractivity contribution in [2.45, 2.75) is 26.7 Å². The third kappa shape index (κ3) is 4.85. The maximum Gasteiger partial charge on any atom is 0.338 e.